The summed E-state index contributed by atoms with van der Waals surface area (Å²) in [6.45, 7) is 6.61. The topological polar surface area (TPSA) is 66.5 Å². The molecule has 0 aromatic heterocycles. The summed E-state index contributed by atoms with van der Waals surface area (Å²) < 4.78 is 26.6. The van der Waals surface area contributed by atoms with E-state index < -0.39 is 10.0 Å². The molecule has 5 nitrogen and oxygen atoms in total. The second-order valence-corrected chi connectivity index (χ2v) is 8.55. The highest BCUT2D eigenvalue weighted by molar-refractivity contribution is 7.88. The van der Waals surface area contributed by atoms with Crippen molar-refractivity contribution in [3.63, 3.8) is 0 Å². The molecule has 0 bridgehead atoms. The van der Waals surface area contributed by atoms with Gasteiger partial charge in [0.05, 0.1) is 5.75 Å². The zero-order valence-electron chi connectivity index (χ0n) is 14.1. The standard InChI is InChI=1S/C17H26N2O3S/c1-13(2)17(20)18-16-7-9-19(10-8-16)23(21,22)12-15-6-4-5-14(3)11-15/h4-6,11,13,16H,7-10,12H2,1-3H3,(H,18,20). The second-order valence-electron chi connectivity index (χ2n) is 6.58. The first kappa shape index (κ1) is 17.9. The number of sulfonamides is 1. The van der Waals surface area contributed by atoms with Crippen molar-refractivity contribution in [3.8, 4) is 0 Å². The van der Waals surface area contributed by atoms with Gasteiger partial charge in [0.1, 0.15) is 0 Å². The molecule has 0 radical (unpaired) electrons. The van der Waals surface area contributed by atoms with E-state index in [-0.39, 0.29) is 23.6 Å². The van der Waals surface area contributed by atoms with Crippen LogP contribution in [0.25, 0.3) is 0 Å². The molecule has 1 amide bonds. The average Bonchev–Trinajstić information content (AvgIpc) is 2.47. The van der Waals surface area contributed by atoms with Gasteiger partial charge < -0.3 is 5.32 Å². The third-order valence-electron chi connectivity index (χ3n) is 4.15. The van der Waals surface area contributed by atoms with Gasteiger partial charge in [-0.1, -0.05) is 43.7 Å². The minimum absolute atomic E-state index is 0.0334. The normalized spacial score (nSPS) is 17.4. The maximum absolute atomic E-state index is 12.5. The van der Waals surface area contributed by atoms with Gasteiger partial charge >= 0.3 is 0 Å². The van der Waals surface area contributed by atoms with E-state index in [0.717, 1.165) is 11.1 Å². The number of carbonyl (C=O) groups excluding carboxylic acids is 1. The highest BCUT2D eigenvalue weighted by Gasteiger charge is 2.29. The van der Waals surface area contributed by atoms with Crippen LogP contribution in [-0.2, 0) is 20.6 Å². The van der Waals surface area contributed by atoms with Crippen LogP contribution in [0.3, 0.4) is 0 Å². The fourth-order valence-corrected chi connectivity index (χ4v) is 4.30. The van der Waals surface area contributed by atoms with Gasteiger partial charge in [-0.15, -0.1) is 0 Å². The predicted octanol–water partition coefficient (Wildman–Crippen LogP) is 2.06. The molecule has 0 saturated carbocycles. The van der Waals surface area contributed by atoms with Crippen LogP contribution in [0.15, 0.2) is 24.3 Å². The van der Waals surface area contributed by atoms with Crippen molar-refractivity contribution in [3.05, 3.63) is 35.4 Å². The lowest BCUT2D eigenvalue weighted by atomic mass is 10.1. The van der Waals surface area contributed by atoms with Gasteiger partial charge in [-0.2, -0.15) is 0 Å². The molecule has 0 aliphatic carbocycles. The molecule has 0 atom stereocenters. The Morgan fingerprint density at radius 3 is 2.52 bits per heavy atom. The van der Waals surface area contributed by atoms with Crippen LogP contribution in [0, 0.1) is 12.8 Å². The molecule has 6 heteroatoms. The van der Waals surface area contributed by atoms with Crippen molar-refractivity contribution in [2.24, 2.45) is 5.92 Å². The highest BCUT2D eigenvalue weighted by atomic mass is 32.2. The van der Waals surface area contributed by atoms with Crippen molar-refractivity contribution in [1.29, 1.82) is 0 Å². The highest BCUT2D eigenvalue weighted by Crippen LogP contribution is 2.18. The summed E-state index contributed by atoms with van der Waals surface area (Å²) in [7, 11) is -3.30. The number of aryl methyl sites for hydroxylation is 1. The van der Waals surface area contributed by atoms with Crippen LogP contribution in [0.5, 0.6) is 0 Å². The van der Waals surface area contributed by atoms with Crippen molar-refractivity contribution >= 4 is 15.9 Å². The molecule has 23 heavy (non-hydrogen) atoms. The number of hydrogen-bond acceptors (Lipinski definition) is 3. The van der Waals surface area contributed by atoms with Gasteiger partial charge in [-0.3, -0.25) is 4.79 Å². The van der Waals surface area contributed by atoms with Gasteiger partial charge in [0.25, 0.3) is 0 Å². The number of nitrogens with zero attached hydrogens (tertiary/aromatic N) is 1. The molecular weight excluding hydrogens is 312 g/mol. The summed E-state index contributed by atoms with van der Waals surface area (Å²) in [5.41, 5.74) is 1.88. The van der Waals surface area contributed by atoms with Gasteiger partial charge in [-0.25, -0.2) is 12.7 Å². The number of hydrogen-bond donors (Lipinski definition) is 1. The monoisotopic (exact) mass is 338 g/mol. The van der Waals surface area contributed by atoms with E-state index >= 15 is 0 Å². The molecule has 1 aliphatic heterocycles. The number of piperidine rings is 1. The summed E-state index contributed by atoms with van der Waals surface area (Å²) in [5, 5.41) is 2.99. The largest absolute Gasteiger partial charge is 0.353 e. The number of rotatable bonds is 5. The summed E-state index contributed by atoms with van der Waals surface area (Å²) in [5.74, 6) is 0.0293. The molecule has 1 heterocycles. The summed E-state index contributed by atoms with van der Waals surface area (Å²) >= 11 is 0. The van der Waals surface area contributed by atoms with Crippen molar-refractivity contribution < 1.29 is 13.2 Å². The third kappa shape index (κ3) is 5.04. The molecule has 0 unspecified atom stereocenters. The number of benzene rings is 1. The number of amides is 1. The van der Waals surface area contributed by atoms with E-state index in [1.165, 1.54) is 0 Å². The smallest absolute Gasteiger partial charge is 0.222 e. The molecule has 1 aliphatic rings. The van der Waals surface area contributed by atoms with E-state index in [2.05, 4.69) is 5.32 Å². The number of nitrogens with one attached hydrogen (secondary N) is 1. The average molecular weight is 338 g/mol. The first-order valence-corrected chi connectivity index (χ1v) is 9.72. The van der Waals surface area contributed by atoms with Crippen molar-refractivity contribution in [2.75, 3.05) is 13.1 Å². The maximum atomic E-state index is 12.5. The lowest BCUT2D eigenvalue weighted by Gasteiger charge is -2.32. The molecule has 1 aromatic carbocycles. The fraction of sp³-hybridized carbons (Fsp3) is 0.588. The Hall–Kier alpha value is -1.40. The minimum Gasteiger partial charge on any atom is -0.353 e. The molecule has 1 aromatic rings. The van der Waals surface area contributed by atoms with Crippen LogP contribution >= 0.6 is 0 Å². The molecule has 1 saturated heterocycles. The second kappa shape index (κ2) is 7.45. The summed E-state index contributed by atoms with van der Waals surface area (Å²) in [6, 6.07) is 7.68. The van der Waals surface area contributed by atoms with E-state index in [9.17, 15) is 13.2 Å². The van der Waals surface area contributed by atoms with Gasteiger partial charge in [0.2, 0.25) is 15.9 Å². The SMILES string of the molecule is Cc1cccc(CS(=O)(=O)N2CCC(NC(=O)C(C)C)CC2)c1. The molecule has 1 fully saturated rings. The lowest BCUT2D eigenvalue weighted by Crippen LogP contribution is -2.47. The Morgan fingerprint density at radius 1 is 1.30 bits per heavy atom. The Balaban J connectivity index is 1.92. The first-order chi connectivity index (χ1) is 10.8. The zero-order valence-corrected chi connectivity index (χ0v) is 14.9. The van der Waals surface area contributed by atoms with Gasteiger partial charge in [0, 0.05) is 25.0 Å². The molecule has 0 spiro atoms. The Morgan fingerprint density at radius 2 is 1.96 bits per heavy atom. The third-order valence-corrected chi connectivity index (χ3v) is 6.00. The van der Waals surface area contributed by atoms with Gasteiger partial charge in [0.15, 0.2) is 0 Å². The quantitative estimate of drug-likeness (QED) is 0.894. The zero-order chi connectivity index (χ0) is 17.0. The molecule has 1 N–H and O–H groups in total. The van der Waals surface area contributed by atoms with Crippen LogP contribution in [0.2, 0.25) is 0 Å². The molecular formula is C17H26N2O3S. The van der Waals surface area contributed by atoms with E-state index in [0.29, 0.717) is 25.9 Å². The van der Waals surface area contributed by atoms with E-state index in [1.54, 1.807) is 4.31 Å². The molecule has 2 rings (SSSR count). The van der Waals surface area contributed by atoms with E-state index in [4.69, 9.17) is 0 Å². The number of carbonyl (C=O) groups is 1. The maximum Gasteiger partial charge on any atom is 0.222 e. The first-order valence-electron chi connectivity index (χ1n) is 8.11. The lowest BCUT2D eigenvalue weighted by molar-refractivity contribution is -0.124. The van der Waals surface area contributed by atoms with Crippen LogP contribution in [0.1, 0.15) is 37.8 Å². The van der Waals surface area contributed by atoms with Gasteiger partial charge in [-0.05, 0) is 25.3 Å². The Labute approximate surface area is 139 Å². The Bertz CT molecular complexity index is 648. The predicted molar refractivity (Wildman–Crippen MR) is 91.4 cm³/mol. The fourth-order valence-electron chi connectivity index (χ4n) is 2.75. The van der Waals surface area contributed by atoms with E-state index in [1.807, 2.05) is 45.0 Å². The van der Waals surface area contributed by atoms with Crippen LogP contribution in [0.4, 0.5) is 0 Å². The summed E-state index contributed by atoms with van der Waals surface area (Å²) in [6.07, 6.45) is 1.34. The Kier molecular flexibility index (Phi) is 5.81. The van der Waals surface area contributed by atoms with Crippen LogP contribution < -0.4 is 5.32 Å². The van der Waals surface area contributed by atoms with Crippen LogP contribution in [-0.4, -0.2) is 37.8 Å². The molecule has 128 valence electrons. The minimum atomic E-state index is -3.30. The summed E-state index contributed by atoms with van der Waals surface area (Å²) in [4.78, 5) is 11.7. The van der Waals surface area contributed by atoms with Crippen molar-refractivity contribution in [1.82, 2.24) is 9.62 Å². The van der Waals surface area contributed by atoms with Crippen molar-refractivity contribution in [2.45, 2.75) is 45.4 Å².